The first-order valence-electron chi connectivity index (χ1n) is 8.27. The lowest BCUT2D eigenvalue weighted by Gasteiger charge is -2.31. The number of amides is 1. The van der Waals surface area contributed by atoms with Gasteiger partial charge in [-0.2, -0.15) is 0 Å². The zero-order valence-corrected chi connectivity index (χ0v) is 16.2. The second-order valence-electron chi connectivity index (χ2n) is 6.13. The van der Waals surface area contributed by atoms with Crippen molar-refractivity contribution in [3.05, 3.63) is 41.3 Å². The summed E-state index contributed by atoms with van der Waals surface area (Å²) in [4.78, 5) is 15.9. The first-order valence-corrected chi connectivity index (χ1v) is 9.09. The average molecular weight is 421 g/mol. The molecule has 1 saturated heterocycles. The Hall–Kier alpha value is -1.77. The molecule has 0 saturated carbocycles. The van der Waals surface area contributed by atoms with Crippen LogP contribution < -0.4 is 10.1 Å². The third-order valence-electron chi connectivity index (χ3n) is 4.37. The van der Waals surface area contributed by atoms with Crippen molar-refractivity contribution in [2.75, 3.05) is 20.1 Å². The molecule has 1 aromatic heterocycles. The van der Waals surface area contributed by atoms with Gasteiger partial charge >= 0.3 is 6.36 Å². The van der Waals surface area contributed by atoms with Crippen LogP contribution in [0.25, 0.3) is 10.4 Å². The fourth-order valence-electron chi connectivity index (χ4n) is 2.96. The van der Waals surface area contributed by atoms with Gasteiger partial charge in [0, 0.05) is 18.0 Å². The smallest absolute Gasteiger partial charge is 0.406 e. The number of carbonyl (C=O) groups is 1. The van der Waals surface area contributed by atoms with E-state index in [1.165, 1.54) is 23.5 Å². The van der Waals surface area contributed by atoms with Crippen molar-refractivity contribution in [2.24, 2.45) is 0 Å². The van der Waals surface area contributed by atoms with Crippen LogP contribution in [-0.4, -0.2) is 43.3 Å². The van der Waals surface area contributed by atoms with Gasteiger partial charge in [-0.05, 0) is 67.9 Å². The van der Waals surface area contributed by atoms with E-state index in [1.807, 2.05) is 13.1 Å². The number of carbonyl (C=O) groups excluding carboxylic acids is 1. The number of halogens is 4. The summed E-state index contributed by atoms with van der Waals surface area (Å²) in [6.07, 6.45) is -2.84. The van der Waals surface area contributed by atoms with Crippen LogP contribution in [0, 0.1) is 0 Å². The lowest BCUT2D eigenvalue weighted by Crippen LogP contribution is -2.43. The minimum atomic E-state index is -4.71. The summed E-state index contributed by atoms with van der Waals surface area (Å²) in [6.45, 7) is 1.81. The SMILES string of the molecule is CN(C(=O)c1ccc(-c2ccc(OC(F)(F)F)cc2)s1)C1CCNCC1.Cl. The van der Waals surface area contributed by atoms with E-state index in [0.717, 1.165) is 36.4 Å². The van der Waals surface area contributed by atoms with Gasteiger partial charge in [0.1, 0.15) is 5.75 Å². The zero-order valence-electron chi connectivity index (χ0n) is 14.6. The number of rotatable bonds is 4. The molecule has 1 aliphatic rings. The number of piperidine rings is 1. The lowest BCUT2D eigenvalue weighted by molar-refractivity contribution is -0.274. The van der Waals surface area contributed by atoms with Crippen LogP contribution in [-0.2, 0) is 0 Å². The number of nitrogens with zero attached hydrogens (tertiary/aromatic N) is 1. The third-order valence-corrected chi connectivity index (χ3v) is 5.49. The molecule has 1 N–H and O–H groups in total. The molecule has 0 unspecified atom stereocenters. The molecular formula is C18H20ClF3N2O2S. The maximum atomic E-state index is 12.7. The Labute approximate surface area is 165 Å². The first kappa shape index (κ1) is 21.5. The van der Waals surface area contributed by atoms with Gasteiger partial charge in [-0.25, -0.2) is 0 Å². The van der Waals surface area contributed by atoms with Gasteiger partial charge in [0.05, 0.1) is 4.88 Å². The molecule has 0 radical (unpaired) electrons. The molecule has 0 atom stereocenters. The highest BCUT2D eigenvalue weighted by atomic mass is 35.5. The number of benzene rings is 1. The molecule has 1 amide bonds. The van der Waals surface area contributed by atoms with E-state index in [1.54, 1.807) is 23.1 Å². The van der Waals surface area contributed by atoms with Crippen LogP contribution in [0.3, 0.4) is 0 Å². The Balaban J connectivity index is 0.00000261. The zero-order chi connectivity index (χ0) is 18.7. The largest absolute Gasteiger partial charge is 0.573 e. The van der Waals surface area contributed by atoms with Gasteiger partial charge in [-0.1, -0.05) is 0 Å². The Kier molecular flexibility index (Phi) is 7.13. The normalized spacial score (nSPS) is 15.1. The van der Waals surface area contributed by atoms with E-state index in [0.29, 0.717) is 4.88 Å². The van der Waals surface area contributed by atoms with Gasteiger partial charge in [0.25, 0.3) is 5.91 Å². The Bertz CT molecular complexity index is 759. The molecule has 2 heterocycles. The predicted molar refractivity (Wildman–Crippen MR) is 102 cm³/mol. The Morgan fingerprint density at radius 2 is 1.78 bits per heavy atom. The summed E-state index contributed by atoms with van der Waals surface area (Å²) in [5.41, 5.74) is 0.744. The quantitative estimate of drug-likeness (QED) is 0.788. The standard InChI is InChI=1S/C18H19F3N2O2S.ClH/c1-23(13-8-10-22-11-9-13)17(24)16-7-6-15(26-16)12-2-4-14(5-3-12)25-18(19,20)21;/h2-7,13,22H,8-11H2,1H3;1H. The summed E-state index contributed by atoms with van der Waals surface area (Å²) in [6, 6.07) is 9.45. The van der Waals surface area contributed by atoms with Crippen molar-refractivity contribution in [1.82, 2.24) is 10.2 Å². The fraction of sp³-hybridized carbons (Fsp3) is 0.389. The molecule has 9 heteroatoms. The first-order chi connectivity index (χ1) is 12.3. The molecule has 3 rings (SSSR count). The van der Waals surface area contributed by atoms with Crippen molar-refractivity contribution in [3.63, 3.8) is 0 Å². The van der Waals surface area contributed by atoms with Crippen molar-refractivity contribution in [3.8, 4) is 16.2 Å². The lowest BCUT2D eigenvalue weighted by atomic mass is 10.1. The van der Waals surface area contributed by atoms with Gasteiger partial charge < -0.3 is 15.0 Å². The third kappa shape index (κ3) is 5.60. The predicted octanol–water partition coefficient (Wildman–Crippen LogP) is 4.56. The van der Waals surface area contributed by atoms with E-state index in [2.05, 4.69) is 10.1 Å². The summed E-state index contributed by atoms with van der Waals surface area (Å²) in [5, 5.41) is 3.28. The minimum Gasteiger partial charge on any atom is -0.406 e. The number of hydrogen-bond acceptors (Lipinski definition) is 4. The van der Waals surface area contributed by atoms with E-state index < -0.39 is 6.36 Å². The topological polar surface area (TPSA) is 41.6 Å². The molecule has 0 spiro atoms. The number of nitrogens with one attached hydrogen (secondary N) is 1. The highest BCUT2D eigenvalue weighted by Gasteiger charge is 2.31. The van der Waals surface area contributed by atoms with Crippen LogP contribution >= 0.6 is 23.7 Å². The number of alkyl halides is 3. The van der Waals surface area contributed by atoms with Crippen LogP contribution in [0.5, 0.6) is 5.75 Å². The number of thiophene rings is 1. The molecule has 4 nitrogen and oxygen atoms in total. The van der Waals surface area contributed by atoms with E-state index in [4.69, 9.17) is 0 Å². The molecule has 1 aliphatic heterocycles. The van der Waals surface area contributed by atoms with Crippen LogP contribution in [0.2, 0.25) is 0 Å². The summed E-state index contributed by atoms with van der Waals surface area (Å²) < 4.78 is 40.5. The molecule has 1 fully saturated rings. The highest BCUT2D eigenvalue weighted by Crippen LogP contribution is 2.31. The highest BCUT2D eigenvalue weighted by molar-refractivity contribution is 7.17. The second-order valence-corrected chi connectivity index (χ2v) is 7.22. The van der Waals surface area contributed by atoms with Crippen molar-refractivity contribution < 1.29 is 22.7 Å². The van der Waals surface area contributed by atoms with Crippen LogP contribution in [0.1, 0.15) is 22.5 Å². The van der Waals surface area contributed by atoms with Crippen LogP contribution in [0.15, 0.2) is 36.4 Å². The molecular weight excluding hydrogens is 401 g/mol. The maximum Gasteiger partial charge on any atom is 0.573 e. The van der Waals surface area contributed by atoms with Gasteiger partial charge in [0.15, 0.2) is 0 Å². The average Bonchev–Trinajstić information content (AvgIpc) is 3.10. The van der Waals surface area contributed by atoms with E-state index in [9.17, 15) is 18.0 Å². The fourth-order valence-corrected chi connectivity index (χ4v) is 3.96. The van der Waals surface area contributed by atoms with Crippen LogP contribution in [0.4, 0.5) is 13.2 Å². The van der Waals surface area contributed by atoms with Gasteiger partial charge in [0.2, 0.25) is 0 Å². The molecule has 27 heavy (non-hydrogen) atoms. The maximum absolute atomic E-state index is 12.7. The number of ether oxygens (including phenoxy) is 1. The summed E-state index contributed by atoms with van der Waals surface area (Å²) >= 11 is 1.34. The molecule has 1 aromatic carbocycles. The molecule has 0 bridgehead atoms. The summed E-state index contributed by atoms with van der Waals surface area (Å²) in [7, 11) is 1.82. The number of hydrogen-bond donors (Lipinski definition) is 1. The van der Waals surface area contributed by atoms with Crippen molar-refractivity contribution >= 4 is 29.7 Å². The minimum absolute atomic E-state index is 0. The molecule has 0 aliphatic carbocycles. The Morgan fingerprint density at radius 3 is 2.37 bits per heavy atom. The monoisotopic (exact) mass is 420 g/mol. The Morgan fingerprint density at radius 1 is 1.15 bits per heavy atom. The summed E-state index contributed by atoms with van der Waals surface area (Å²) in [5.74, 6) is -0.287. The van der Waals surface area contributed by atoms with Crippen molar-refractivity contribution in [1.29, 1.82) is 0 Å². The molecule has 148 valence electrons. The van der Waals surface area contributed by atoms with Gasteiger partial charge in [-0.15, -0.1) is 36.9 Å². The van der Waals surface area contributed by atoms with E-state index >= 15 is 0 Å². The second kappa shape index (κ2) is 8.95. The van der Waals surface area contributed by atoms with E-state index in [-0.39, 0.29) is 30.1 Å². The van der Waals surface area contributed by atoms with Crippen molar-refractivity contribution in [2.45, 2.75) is 25.2 Å². The van der Waals surface area contributed by atoms with Gasteiger partial charge in [-0.3, -0.25) is 4.79 Å². The molecule has 2 aromatic rings.